The number of hydrogen-bond acceptors (Lipinski definition) is 6. The molecule has 9 heteroatoms. The number of hydroxylamine groups is 1. The smallest absolute Gasteiger partial charge is 0.407 e. The van der Waals surface area contributed by atoms with Crippen molar-refractivity contribution in [2.24, 2.45) is 5.92 Å². The number of carboxylic acids is 1. The van der Waals surface area contributed by atoms with Crippen LogP contribution in [0.5, 0.6) is 0 Å². The van der Waals surface area contributed by atoms with Gasteiger partial charge in [-0.25, -0.2) is 15.1 Å². The first-order valence-corrected chi connectivity index (χ1v) is 10.7. The van der Waals surface area contributed by atoms with Crippen LogP contribution in [0.4, 0.5) is 4.79 Å². The first-order valence-electron chi connectivity index (χ1n) is 10.7. The topological polar surface area (TPSA) is 123 Å². The Labute approximate surface area is 192 Å². The summed E-state index contributed by atoms with van der Waals surface area (Å²) in [5.41, 5.74) is 6.67. The van der Waals surface area contributed by atoms with Crippen LogP contribution in [-0.4, -0.2) is 56.0 Å². The highest BCUT2D eigenvalue weighted by Crippen LogP contribution is 2.44. The number of ether oxygens (including phenoxy) is 2. The summed E-state index contributed by atoms with van der Waals surface area (Å²) in [6, 6.07) is 16.2. The predicted molar refractivity (Wildman–Crippen MR) is 119 cm³/mol. The molecule has 9 nitrogen and oxygen atoms in total. The minimum Gasteiger partial charge on any atom is -0.479 e. The molecule has 2 amide bonds. The predicted octanol–water partition coefficient (Wildman–Crippen LogP) is 2.70. The fraction of sp³-hybridized carbons (Fsp3) is 0.375. The van der Waals surface area contributed by atoms with Gasteiger partial charge in [0.05, 0.1) is 6.61 Å². The molecule has 2 aromatic rings. The number of methoxy groups -OCH3 is 1. The number of hydrogen-bond donors (Lipinski definition) is 3. The Hall–Kier alpha value is -3.43. The van der Waals surface area contributed by atoms with E-state index in [-0.39, 0.29) is 38.0 Å². The molecule has 0 fully saturated rings. The van der Waals surface area contributed by atoms with Crippen LogP contribution in [0.25, 0.3) is 11.1 Å². The lowest BCUT2D eigenvalue weighted by molar-refractivity contribution is -0.165. The summed E-state index contributed by atoms with van der Waals surface area (Å²) in [4.78, 5) is 40.0. The SMILES string of the molecule is COCC(ONC(=O)CC(C)CNC(=O)OCC1c2ccccc2-c2ccccc21)C(=O)O. The summed E-state index contributed by atoms with van der Waals surface area (Å²) in [7, 11) is 1.33. The highest BCUT2D eigenvalue weighted by Gasteiger charge is 2.29. The van der Waals surface area contributed by atoms with Crippen LogP contribution in [-0.2, 0) is 23.9 Å². The summed E-state index contributed by atoms with van der Waals surface area (Å²) >= 11 is 0. The van der Waals surface area contributed by atoms with E-state index in [1.165, 1.54) is 7.11 Å². The molecule has 1 aliphatic rings. The maximum atomic E-state index is 12.2. The molecule has 0 saturated heterocycles. The summed E-state index contributed by atoms with van der Waals surface area (Å²) < 4.78 is 10.2. The minimum absolute atomic E-state index is 0.0298. The first kappa shape index (κ1) is 24.2. The third-order valence-corrected chi connectivity index (χ3v) is 5.38. The number of carboxylic acid groups (broad SMARTS) is 1. The van der Waals surface area contributed by atoms with Crippen molar-refractivity contribution in [1.29, 1.82) is 0 Å². The lowest BCUT2D eigenvalue weighted by atomic mass is 9.98. The second kappa shape index (κ2) is 11.4. The van der Waals surface area contributed by atoms with Gasteiger partial charge in [0.25, 0.3) is 0 Å². The summed E-state index contributed by atoms with van der Waals surface area (Å²) in [6.07, 6.45) is -1.83. The number of alkyl carbamates (subject to hydrolysis) is 1. The number of carbonyl (C=O) groups is 3. The second-order valence-electron chi connectivity index (χ2n) is 7.94. The quantitative estimate of drug-likeness (QED) is 0.444. The number of aliphatic carboxylic acids is 1. The summed E-state index contributed by atoms with van der Waals surface area (Å²) in [5.74, 6) is -2.00. The molecule has 3 rings (SSSR count). The minimum atomic E-state index is -1.30. The standard InChI is InChI=1S/C24H28N2O7/c1-15(11-22(27)26-33-21(14-31-2)23(28)29)12-25-24(30)32-13-20-18-9-5-3-7-16(18)17-8-4-6-10-19(17)20/h3-10,15,20-21H,11-14H2,1-2H3,(H,25,30)(H,26,27)(H,28,29). The van der Waals surface area contributed by atoms with Crippen LogP contribution in [0, 0.1) is 5.92 Å². The molecule has 33 heavy (non-hydrogen) atoms. The van der Waals surface area contributed by atoms with Gasteiger partial charge >= 0.3 is 12.1 Å². The van der Waals surface area contributed by atoms with Crippen molar-refractivity contribution in [2.45, 2.75) is 25.4 Å². The van der Waals surface area contributed by atoms with Gasteiger partial charge in [0, 0.05) is 26.0 Å². The molecule has 3 N–H and O–H groups in total. The van der Waals surface area contributed by atoms with Crippen LogP contribution < -0.4 is 10.8 Å². The largest absolute Gasteiger partial charge is 0.479 e. The Kier molecular flexibility index (Phi) is 8.39. The van der Waals surface area contributed by atoms with Gasteiger partial charge in [-0.1, -0.05) is 55.5 Å². The van der Waals surface area contributed by atoms with Gasteiger partial charge in [-0.2, -0.15) is 0 Å². The highest BCUT2D eigenvalue weighted by atomic mass is 16.7. The van der Waals surface area contributed by atoms with E-state index in [0.29, 0.717) is 0 Å². The van der Waals surface area contributed by atoms with Crippen molar-refractivity contribution < 1.29 is 33.8 Å². The van der Waals surface area contributed by atoms with Crippen LogP contribution in [0.2, 0.25) is 0 Å². The van der Waals surface area contributed by atoms with E-state index in [4.69, 9.17) is 19.4 Å². The van der Waals surface area contributed by atoms with Gasteiger partial charge in [0.2, 0.25) is 12.0 Å². The Morgan fingerprint density at radius 3 is 2.21 bits per heavy atom. The average Bonchev–Trinajstić information content (AvgIpc) is 3.12. The van der Waals surface area contributed by atoms with Crippen molar-refractivity contribution in [3.63, 3.8) is 0 Å². The molecule has 1 aliphatic carbocycles. The van der Waals surface area contributed by atoms with Crippen molar-refractivity contribution in [1.82, 2.24) is 10.8 Å². The van der Waals surface area contributed by atoms with Gasteiger partial charge in [-0.15, -0.1) is 0 Å². The van der Waals surface area contributed by atoms with Crippen LogP contribution >= 0.6 is 0 Å². The average molecular weight is 456 g/mol. The van der Waals surface area contributed by atoms with Gasteiger partial charge in [0.1, 0.15) is 6.61 Å². The Morgan fingerprint density at radius 1 is 1.03 bits per heavy atom. The lowest BCUT2D eigenvalue weighted by Gasteiger charge is -2.17. The summed E-state index contributed by atoms with van der Waals surface area (Å²) in [5, 5.41) is 11.6. The first-order chi connectivity index (χ1) is 15.9. The van der Waals surface area contributed by atoms with E-state index >= 15 is 0 Å². The molecular weight excluding hydrogens is 428 g/mol. The molecule has 0 heterocycles. The molecule has 0 aliphatic heterocycles. The third kappa shape index (κ3) is 6.30. The molecule has 0 radical (unpaired) electrons. The molecule has 0 aromatic heterocycles. The molecule has 0 bridgehead atoms. The van der Waals surface area contributed by atoms with E-state index in [0.717, 1.165) is 22.3 Å². The van der Waals surface area contributed by atoms with E-state index < -0.39 is 24.1 Å². The molecular formula is C24H28N2O7. The number of rotatable bonds is 11. The maximum Gasteiger partial charge on any atom is 0.407 e. The second-order valence-corrected chi connectivity index (χ2v) is 7.94. The number of nitrogens with one attached hydrogen (secondary N) is 2. The van der Waals surface area contributed by atoms with Gasteiger partial charge in [-0.3, -0.25) is 9.63 Å². The van der Waals surface area contributed by atoms with Crippen LogP contribution in [0.3, 0.4) is 0 Å². The highest BCUT2D eigenvalue weighted by molar-refractivity contribution is 5.79. The Bertz CT molecular complexity index is 949. The third-order valence-electron chi connectivity index (χ3n) is 5.38. The molecule has 0 spiro atoms. The Morgan fingerprint density at radius 2 is 1.64 bits per heavy atom. The normalized spacial score (nSPS) is 14.0. The van der Waals surface area contributed by atoms with Gasteiger partial charge in [-0.05, 0) is 28.2 Å². The van der Waals surface area contributed by atoms with Crippen LogP contribution in [0.1, 0.15) is 30.4 Å². The number of benzene rings is 2. The van der Waals surface area contributed by atoms with Crippen molar-refractivity contribution in [3.05, 3.63) is 59.7 Å². The van der Waals surface area contributed by atoms with Crippen molar-refractivity contribution >= 4 is 18.0 Å². The Balaban J connectivity index is 1.43. The fourth-order valence-corrected chi connectivity index (χ4v) is 3.78. The van der Waals surface area contributed by atoms with E-state index in [9.17, 15) is 14.4 Å². The van der Waals surface area contributed by atoms with Gasteiger partial charge in [0.15, 0.2) is 0 Å². The van der Waals surface area contributed by atoms with Gasteiger partial charge < -0.3 is 19.9 Å². The summed E-state index contributed by atoms with van der Waals surface area (Å²) in [6.45, 7) is 1.99. The zero-order valence-electron chi connectivity index (χ0n) is 18.6. The maximum absolute atomic E-state index is 12.2. The van der Waals surface area contributed by atoms with E-state index in [2.05, 4.69) is 22.9 Å². The molecule has 0 saturated carbocycles. The molecule has 176 valence electrons. The van der Waals surface area contributed by atoms with Crippen LogP contribution in [0.15, 0.2) is 48.5 Å². The van der Waals surface area contributed by atoms with E-state index in [1.54, 1.807) is 6.92 Å². The molecule has 2 aromatic carbocycles. The van der Waals surface area contributed by atoms with E-state index in [1.807, 2.05) is 36.4 Å². The zero-order chi connectivity index (χ0) is 23.8. The fourth-order valence-electron chi connectivity index (χ4n) is 3.78. The monoisotopic (exact) mass is 456 g/mol. The zero-order valence-corrected chi connectivity index (χ0v) is 18.6. The molecule has 2 unspecified atom stereocenters. The van der Waals surface area contributed by atoms with Crippen molar-refractivity contribution in [2.75, 3.05) is 26.9 Å². The number of amides is 2. The number of carbonyl (C=O) groups excluding carboxylic acids is 2. The van der Waals surface area contributed by atoms with Crippen molar-refractivity contribution in [3.8, 4) is 11.1 Å². The lowest BCUT2D eigenvalue weighted by Crippen LogP contribution is -2.38. The molecule has 2 atom stereocenters. The number of fused-ring (bicyclic) bond motifs is 3.